The van der Waals surface area contributed by atoms with Gasteiger partial charge in [0.05, 0.1) is 22.2 Å². The SMILES string of the molecule is Cc1ccc(/C=C2/Sc3cc(C(=O)NCc4ccc(C#N)cc4)ccc3N(C)C2=O)cc1. The average Bonchev–Trinajstić information content (AvgIpc) is 2.82. The Balaban J connectivity index is 1.53. The molecule has 3 aromatic rings. The highest BCUT2D eigenvalue weighted by atomic mass is 32.2. The minimum atomic E-state index is -0.193. The molecule has 1 heterocycles. The van der Waals surface area contributed by atoms with Gasteiger partial charge in [-0.2, -0.15) is 5.26 Å². The van der Waals surface area contributed by atoms with Crippen molar-refractivity contribution in [3.63, 3.8) is 0 Å². The topological polar surface area (TPSA) is 73.2 Å². The molecule has 1 aliphatic rings. The fourth-order valence-corrected chi connectivity index (χ4v) is 4.49. The smallest absolute Gasteiger partial charge is 0.264 e. The molecule has 2 amide bonds. The Bertz CT molecular complexity index is 1260. The van der Waals surface area contributed by atoms with E-state index in [1.165, 1.54) is 11.8 Å². The molecule has 1 aliphatic heterocycles. The summed E-state index contributed by atoms with van der Waals surface area (Å²) in [7, 11) is 1.74. The lowest BCUT2D eigenvalue weighted by Crippen LogP contribution is -2.30. The van der Waals surface area contributed by atoms with Crippen LogP contribution in [-0.2, 0) is 11.3 Å². The number of anilines is 1. The van der Waals surface area contributed by atoms with E-state index in [1.807, 2.05) is 55.5 Å². The fraction of sp³-hybridized carbons (Fsp3) is 0.115. The van der Waals surface area contributed by atoms with E-state index in [9.17, 15) is 9.59 Å². The summed E-state index contributed by atoms with van der Waals surface area (Å²) in [5.74, 6) is -0.262. The van der Waals surface area contributed by atoms with Crippen molar-refractivity contribution in [3.8, 4) is 6.07 Å². The molecule has 0 atom stereocenters. The van der Waals surface area contributed by atoms with E-state index in [2.05, 4.69) is 11.4 Å². The summed E-state index contributed by atoms with van der Waals surface area (Å²) in [4.78, 5) is 28.6. The number of hydrogen-bond acceptors (Lipinski definition) is 4. The van der Waals surface area contributed by atoms with Gasteiger partial charge in [0.25, 0.3) is 11.8 Å². The Morgan fingerprint density at radius 3 is 2.50 bits per heavy atom. The van der Waals surface area contributed by atoms with Crippen LogP contribution in [0.3, 0.4) is 0 Å². The maximum Gasteiger partial charge on any atom is 0.264 e. The van der Waals surface area contributed by atoms with Crippen molar-refractivity contribution in [2.24, 2.45) is 0 Å². The molecule has 0 aromatic heterocycles. The third kappa shape index (κ3) is 4.58. The number of benzene rings is 3. The molecule has 0 aliphatic carbocycles. The van der Waals surface area contributed by atoms with Crippen molar-refractivity contribution in [2.75, 3.05) is 11.9 Å². The van der Waals surface area contributed by atoms with Gasteiger partial charge in [0.15, 0.2) is 0 Å². The van der Waals surface area contributed by atoms with Crippen molar-refractivity contribution >= 4 is 35.3 Å². The molecule has 0 radical (unpaired) electrons. The molecular formula is C26H21N3O2S. The normalized spacial score (nSPS) is 14.1. The van der Waals surface area contributed by atoms with Crippen LogP contribution in [0, 0.1) is 18.3 Å². The maximum absolute atomic E-state index is 12.8. The van der Waals surface area contributed by atoms with Crippen molar-refractivity contribution < 1.29 is 9.59 Å². The van der Waals surface area contributed by atoms with E-state index < -0.39 is 0 Å². The molecule has 1 N–H and O–H groups in total. The number of thioether (sulfide) groups is 1. The highest BCUT2D eigenvalue weighted by molar-refractivity contribution is 8.04. The molecule has 32 heavy (non-hydrogen) atoms. The first-order valence-electron chi connectivity index (χ1n) is 10.1. The van der Waals surface area contributed by atoms with Crippen LogP contribution >= 0.6 is 11.8 Å². The minimum Gasteiger partial charge on any atom is -0.348 e. The Labute approximate surface area is 191 Å². The van der Waals surface area contributed by atoms with Gasteiger partial charge in [0, 0.05) is 24.1 Å². The van der Waals surface area contributed by atoms with Crippen LogP contribution in [-0.4, -0.2) is 18.9 Å². The van der Waals surface area contributed by atoms with Gasteiger partial charge in [-0.05, 0) is 54.5 Å². The van der Waals surface area contributed by atoms with Crippen molar-refractivity contribution in [2.45, 2.75) is 18.4 Å². The second-order valence-electron chi connectivity index (χ2n) is 7.56. The Morgan fingerprint density at radius 1 is 1.09 bits per heavy atom. The summed E-state index contributed by atoms with van der Waals surface area (Å²) in [6, 6.07) is 22.5. The molecule has 0 spiro atoms. The molecule has 0 saturated carbocycles. The number of hydrogen-bond donors (Lipinski definition) is 1. The number of amides is 2. The molecule has 0 unspecified atom stereocenters. The largest absolute Gasteiger partial charge is 0.348 e. The minimum absolute atomic E-state index is 0.0684. The van der Waals surface area contributed by atoms with E-state index in [0.29, 0.717) is 22.6 Å². The lowest BCUT2D eigenvalue weighted by atomic mass is 10.1. The second kappa shape index (κ2) is 9.13. The van der Waals surface area contributed by atoms with Crippen LogP contribution in [0.2, 0.25) is 0 Å². The molecule has 4 rings (SSSR count). The molecule has 6 heteroatoms. The first kappa shape index (κ1) is 21.4. The molecule has 5 nitrogen and oxygen atoms in total. The Kier molecular flexibility index (Phi) is 6.11. The van der Waals surface area contributed by atoms with E-state index in [1.54, 1.807) is 36.2 Å². The zero-order valence-corrected chi connectivity index (χ0v) is 18.6. The number of carbonyl (C=O) groups is 2. The second-order valence-corrected chi connectivity index (χ2v) is 8.64. The summed E-state index contributed by atoms with van der Waals surface area (Å²) in [5.41, 5.74) is 4.93. The van der Waals surface area contributed by atoms with Crippen LogP contribution < -0.4 is 10.2 Å². The van der Waals surface area contributed by atoms with Crippen molar-refractivity contribution in [1.82, 2.24) is 5.32 Å². The summed E-state index contributed by atoms with van der Waals surface area (Å²) in [6.45, 7) is 2.39. The van der Waals surface area contributed by atoms with Crippen LogP contribution in [0.15, 0.2) is 76.5 Å². The predicted octanol–water partition coefficient (Wildman–Crippen LogP) is 4.91. The molecule has 0 fully saturated rings. The molecule has 3 aromatic carbocycles. The first-order chi connectivity index (χ1) is 15.4. The summed E-state index contributed by atoms with van der Waals surface area (Å²) < 4.78 is 0. The van der Waals surface area contributed by atoms with Crippen LogP contribution in [0.25, 0.3) is 6.08 Å². The molecule has 0 bridgehead atoms. The Hall–Kier alpha value is -3.82. The fourth-order valence-electron chi connectivity index (χ4n) is 3.34. The molecular weight excluding hydrogens is 418 g/mol. The zero-order chi connectivity index (χ0) is 22.7. The predicted molar refractivity (Wildman–Crippen MR) is 127 cm³/mol. The van der Waals surface area contributed by atoms with Crippen LogP contribution in [0.5, 0.6) is 0 Å². The van der Waals surface area contributed by atoms with E-state index >= 15 is 0 Å². The van der Waals surface area contributed by atoms with E-state index in [-0.39, 0.29) is 11.8 Å². The third-order valence-electron chi connectivity index (χ3n) is 5.23. The monoisotopic (exact) mass is 439 g/mol. The van der Waals surface area contributed by atoms with Gasteiger partial charge in [0.2, 0.25) is 0 Å². The van der Waals surface area contributed by atoms with Gasteiger partial charge >= 0.3 is 0 Å². The summed E-state index contributed by atoms with van der Waals surface area (Å²) in [5, 5.41) is 11.8. The van der Waals surface area contributed by atoms with Crippen LogP contribution in [0.4, 0.5) is 5.69 Å². The highest BCUT2D eigenvalue weighted by Crippen LogP contribution is 2.42. The maximum atomic E-state index is 12.8. The highest BCUT2D eigenvalue weighted by Gasteiger charge is 2.27. The summed E-state index contributed by atoms with van der Waals surface area (Å²) >= 11 is 1.38. The standard InChI is InChI=1S/C26H21N3O2S/c1-17-3-5-18(6-4-17)13-24-26(31)29(2)22-12-11-21(14-23(22)32-24)25(30)28-16-20-9-7-19(15-27)8-10-20/h3-14H,16H2,1-2H3,(H,28,30)/b24-13+. The molecule has 0 saturated heterocycles. The Morgan fingerprint density at radius 2 is 1.81 bits per heavy atom. The number of likely N-dealkylation sites (N-methyl/N-ethyl adjacent to an activating group) is 1. The quantitative estimate of drug-likeness (QED) is 0.587. The van der Waals surface area contributed by atoms with Crippen LogP contribution in [0.1, 0.15) is 32.6 Å². The number of carbonyl (C=O) groups excluding carboxylic acids is 2. The summed E-state index contributed by atoms with van der Waals surface area (Å²) in [6.07, 6.45) is 1.88. The number of rotatable bonds is 4. The van der Waals surface area contributed by atoms with Crippen molar-refractivity contribution in [1.29, 1.82) is 5.26 Å². The number of fused-ring (bicyclic) bond motifs is 1. The van der Waals surface area contributed by atoms with Gasteiger partial charge in [0.1, 0.15) is 0 Å². The van der Waals surface area contributed by atoms with E-state index in [4.69, 9.17) is 5.26 Å². The number of nitriles is 1. The number of nitrogens with zero attached hydrogens (tertiary/aromatic N) is 2. The zero-order valence-electron chi connectivity index (χ0n) is 17.8. The van der Waals surface area contributed by atoms with Gasteiger partial charge < -0.3 is 10.2 Å². The number of nitrogens with one attached hydrogen (secondary N) is 1. The van der Waals surface area contributed by atoms with Gasteiger partial charge in [-0.25, -0.2) is 0 Å². The van der Waals surface area contributed by atoms with Gasteiger partial charge in [-0.15, -0.1) is 0 Å². The lowest BCUT2D eigenvalue weighted by Gasteiger charge is -2.27. The first-order valence-corrected chi connectivity index (χ1v) is 10.9. The lowest BCUT2D eigenvalue weighted by molar-refractivity contribution is -0.114. The van der Waals surface area contributed by atoms with E-state index in [0.717, 1.165) is 27.3 Å². The van der Waals surface area contributed by atoms with Gasteiger partial charge in [-0.1, -0.05) is 53.7 Å². The average molecular weight is 440 g/mol. The molecule has 158 valence electrons. The number of aryl methyl sites for hydroxylation is 1. The third-order valence-corrected chi connectivity index (χ3v) is 6.29. The van der Waals surface area contributed by atoms with Gasteiger partial charge in [-0.3, -0.25) is 9.59 Å². The van der Waals surface area contributed by atoms with Crippen molar-refractivity contribution in [3.05, 3.63) is 99.5 Å².